The van der Waals surface area contributed by atoms with Gasteiger partial charge in [-0.15, -0.1) is 0 Å². The number of carbonyl (C=O) groups excluding carboxylic acids is 2. The van der Waals surface area contributed by atoms with Gasteiger partial charge in [0.2, 0.25) is 5.91 Å². The summed E-state index contributed by atoms with van der Waals surface area (Å²) in [7, 11) is 0. The minimum absolute atomic E-state index is 0.0771. The number of nitrogens with one attached hydrogen (secondary N) is 1. The van der Waals surface area contributed by atoms with Crippen molar-refractivity contribution >= 4 is 11.8 Å². The summed E-state index contributed by atoms with van der Waals surface area (Å²) in [5.41, 5.74) is 0.654. The van der Waals surface area contributed by atoms with E-state index in [4.69, 9.17) is 0 Å². The summed E-state index contributed by atoms with van der Waals surface area (Å²) in [5, 5.41) is 0. The Labute approximate surface area is 124 Å². The average Bonchev–Trinajstić information content (AvgIpc) is 3.00. The molecule has 2 aliphatic heterocycles. The van der Waals surface area contributed by atoms with Crippen LogP contribution >= 0.6 is 0 Å². The molecular weight excluding hydrogens is 266 g/mol. The average molecular weight is 287 g/mol. The summed E-state index contributed by atoms with van der Waals surface area (Å²) < 4.78 is 0. The van der Waals surface area contributed by atoms with Crippen LogP contribution in [0, 0.1) is 5.92 Å². The van der Waals surface area contributed by atoms with Gasteiger partial charge in [-0.1, -0.05) is 0 Å². The monoisotopic (exact) mass is 287 g/mol. The number of rotatable bonds is 3. The predicted octanol–water partition coefficient (Wildman–Crippen LogP) is 1.63. The molecule has 1 N–H and O–H groups in total. The number of fused-ring (bicyclic) bond motifs is 1. The van der Waals surface area contributed by atoms with E-state index < -0.39 is 0 Å². The first kappa shape index (κ1) is 12.9. The molecule has 5 heteroatoms. The van der Waals surface area contributed by atoms with Crippen LogP contribution in [0.25, 0.3) is 0 Å². The fourth-order valence-electron chi connectivity index (χ4n) is 3.84. The Bertz CT molecular complexity index is 550. The predicted molar refractivity (Wildman–Crippen MR) is 77.7 cm³/mol. The van der Waals surface area contributed by atoms with Crippen LogP contribution in [0.4, 0.5) is 0 Å². The van der Waals surface area contributed by atoms with Gasteiger partial charge in [0.1, 0.15) is 5.69 Å². The van der Waals surface area contributed by atoms with Crippen LogP contribution in [-0.4, -0.2) is 51.8 Å². The van der Waals surface area contributed by atoms with Crippen molar-refractivity contribution in [1.29, 1.82) is 0 Å². The largest absolute Gasteiger partial charge is 0.357 e. The van der Waals surface area contributed by atoms with Crippen molar-refractivity contribution in [2.45, 2.75) is 44.2 Å². The number of hydrogen-bond acceptors (Lipinski definition) is 2. The maximum atomic E-state index is 12.6. The van der Waals surface area contributed by atoms with Crippen molar-refractivity contribution < 1.29 is 9.59 Å². The third-order valence-electron chi connectivity index (χ3n) is 5.13. The third-order valence-corrected chi connectivity index (χ3v) is 5.13. The highest BCUT2D eigenvalue weighted by molar-refractivity contribution is 5.93. The lowest BCUT2D eigenvalue weighted by Gasteiger charge is -2.39. The molecule has 0 unspecified atom stereocenters. The lowest BCUT2D eigenvalue weighted by molar-refractivity contribution is -0.137. The molecule has 1 saturated carbocycles. The smallest absolute Gasteiger partial charge is 0.270 e. The quantitative estimate of drug-likeness (QED) is 0.918. The summed E-state index contributed by atoms with van der Waals surface area (Å²) in [6, 6.07) is 4.12. The van der Waals surface area contributed by atoms with E-state index in [9.17, 15) is 9.59 Å². The molecule has 0 bridgehead atoms. The zero-order valence-corrected chi connectivity index (χ0v) is 12.1. The van der Waals surface area contributed by atoms with Crippen molar-refractivity contribution in [2.75, 3.05) is 13.1 Å². The van der Waals surface area contributed by atoms with E-state index in [0.29, 0.717) is 18.0 Å². The fourth-order valence-corrected chi connectivity index (χ4v) is 3.84. The van der Waals surface area contributed by atoms with E-state index in [1.54, 1.807) is 6.20 Å². The molecule has 3 heterocycles. The maximum Gasteiger partial charge on any atom is 0.270 e. The van der Waals surface area contributed by atoms with E-state index in [0.717, 1.165) is 25.9 Å². The second-order valence-corrected chi connectivity index (χ2v) is 6.53. The second kappa shape index (κ2) is 4.90. The number of carbonyl (C=O) groups is 2. The number of aromatic nitrogens is 1. The Morgan fingerprint density at radius 3 is 2.81 bits per heavy atom. The minimum atomic E-state index is 0.0771. The molecular formula is C16H21N3O2. The van der Waals surface area contributed by atoms with Gasteiger partial charge < -0.3 is 14.8 Å². The maximum absolute atomic E-state index is 12.6. The molecule has 21 heavy (non-hydrogen) atoms. The van der Waals surface area contributed by atoms with Gasteiger partial charge in [0.15, 0.2) is 0 Å². The van der Waals surface area contributed by atoms with Crippen LogP contribution in [-0.2, 0) is 4.79 Å². The number of aromatic amines is 1. The topological polar surface area (TPSA) is 56.4 Å². The molecule has 2 saturated heterocycles. The van der Waals surface area contributed by atoms with E-state index in [2.05, 4.69) is 9.88 Å². The zero-order chi connectivity index (χ0) is 14.4. The standard InChI is InChI=1S/C16H21N3O2/c20-15-6-5-13-14(19(15)10-11-3-4-11)7-9-18(13)16(21)12-2-1-8-17-12/h1-2,8,11,13-14,17H,3-7,9-10H2/t13-,14-/m1/s1. The van der Waals surface area contributed by atoms with E-state index in [-0.39, 0.29) is 23.9 Å². The summed E-state index contributed by atoms with van der Waals surface area (Å²) in [6.45, 7) is 1.67. The molecule has 0 radical (unpaired) electrons. The molecule has 3 aliphatic rings. The molecule has 112 valence electrons. The SMILES string of the molecule is O=C1CC[C@@H]2[C@@H](CCN2C(=O)c2ccc[nH]2)N1CC1CC1. The van der Waals surface area contributed by atoms with Crippen LogP contribution in [0.15, 0.2) is 18.3 Å². The van der Waals surface area contributed by atoms with Gasteiger partial charge in [-0.05, 0) is 43.7 Å². The number of piperidine rings is 1. The Hall–Kier alpha value is -1.78. The number of nitrogens with zero attached hydrogens (tertiary/aromatic N) is 2. The lowest BCUT2D eigenvalue weighted by Crippen LogP contribution is -2.53. The molecule has 4 rings (SSSR count). The highest BCUT2D eigenvalue weighted by Crippen LogP contribution is 2.36. The molecule has 3 fully saturated rings. The van der Waals surface area contributed by atoms with Crippen LogP contribution in [0.3, 0.4) is 0 Å². The van der Waals surface area contributed by atoms with E-state index in [1.807, 2.05) is 17.0 Å². The molecule has 1 aliphatic carbocycles. The molecule has 1 aromatic rings. The Kier molecular flexibility index (Phi) is 3.01. The van der Waals surface area contributed by atoms with Gasteiger partial charge in [-0.25, -0.2) is 0 Å². The van der Waals surface area contributed by atoms with E-state index >= 15 is 0 Å². The van der Waals surface area contributed by atoms with Crippen molar-refractivity contribution in [2.24, 2.45) is 5.92 Å². The molecule has 5 nitrogen and oxygen atoms in total. The Morgan fingerprint density at radius 1 is 1.24 bits per heavy atom. The molecule has 0 aromatic carbocycles. The molecule has 2 atom stereocenters. The van der Waals surface area contributed by atoms with Crippen molar-refractivity contribution in [3.05, 3.63) is 24.0 Å². The van der Waals surface area contributed by atoms with Crippen molar-refractivity contribution in [3.8, 4) is 0 Å². The Morgan fingerprint density at radius 2 is 2.10 bits per heavy atom. The summed E-state index contributed by atoms with van der Waals surface area (Å²) in [6.07, 6.45) is 6.62. The van der Waals surface area contributed by atoms with Gasteiger partial charge in [0, 0.05) is 25.7 Å². The minimum Gasteiger partial charge on any atom is -0.357 e. The molecule has 2 amide bonds. The first-order valence-electron chi connectivity index (χ1n) is 7.98. The van der Waals surface area contributed by atoms with E-state index in [1.165, 1.54) is 12.8 Å². The number of likely N-dealkylation sites (tertiary alicyclic amines) is 2. The lowest BCUT2D eigenvalue weighted by atomic mass is 9.95. The van der Waals surface area contributed by atoms with Gasteiger partial charge in [0.25, 0.3) is 5.91 Å². The van der Waals surface area contributed by atoms with Crippen LogP contribution < -0.4 is 0 Å². The summed E-state index contributed by atoms with van der Waals surface area (Å²) >= 11 is 0. The second-order valence-electron chi connectivity index (χ2n) is 6.53. The van der Waals surface area contributed by atoms with Crippen molar-refractivity contribution in [1.82, 2.24) is 14.8 Å². The Balaban J connectivity index is 1.52. The first-order valence-corrected chi connectivity index (χ1v) is 7.98. The fraction of sp³-hybridized carbons (Fsp3) is 0.625. The van der Waals surface area contributed by atoms with Gasteiger partial charge in [-0.3, -0.25) is 9.59 Å². The zero-order valence-electron chi connectivity index (χ0n) is 12.1. The number of amides is 2. The first-order chi connectivity index (χ1) is 10.2. The summed E-state index contributed by atoms with van der Waals surface area (Å²) in [4.78, 5) is 31.9. The van der Waals surface area contributed by atoms with Gasteiger partial charge >= 0.3 is 0 Å². The van der Waals surface area contributed by atoms with Crippen LogP contribution in [0.5, 0.6) is 0 Å². The normalized spacial score (nSPS) is 28.9. The molecule has 1 aromatic heterocycles. The van der Waals surface area contributed by atoms with Crippen LogP contribution in [0.2, 0.25) is 0 Å². The van der Waals surface area contributed by atoms with Gasteiger partial charge in [0.05, 0.1) is 12.1 Å². The molecule has 0 spiro atoms. The summed E-state index contributed by atoms with van der Waals surface area (Å²) in [5.74, 6) is 1.08. The highest BCUT2D eigenvalue weighted by atomic mass is 16.2. The van der Waals surface area contributed by atoms with Crippen molar-refractivity contribution in [3.63, 3.8) is 0 Å². The number of H-pyrrole nitrogens is 1. The third kappa shape index (κ3) is 2.24. The van der Waals surface area contributed by atoms with Crippen LogP contribution in [0.1, 0.15) is 42.6 Å². The number of hydrogen-bond donors (Lipinski definition) is 1. The highest BCUT2D eigenvalue weighted by Gasteiger charge is 2.46. The van der Waals surface area contributed by atoms with Gasteiger partial charge in [-0.2, -0.15) is 0 Å².